The number of carbonyl (C=O) groups excluding carboxylic acids is 1. The summed E-state index contributed by atoms with van der Waals surface area (Å²) in [4.78, 5) is 15.5. The zero-order valence-electron chi connectivity index (χ0n) is 17.0. The Balaban J connectivity index is 2.23. The first-order valence-corrected chi connectivity index (χ1v) is 9.95. The number of rotatable bonds is 9. The molecule has 156 valence electrons. The molecule has 0 spiro atoms. The number of anilines is 1. The Morgan fingerprint density at radius 3 is 2.24 bits per heavy atom. The average Bonchev–Trinajstić information content (AvgIpc) is 2.71. The lowest BCUT2D eigenvalue weighted by Crippen LogP contribution is -2.08. The third-order valence-corrected chi connectivity index (χ3v) is 4.92. The molecule has 0 saturated carbocycles. The van der Waals surface area contributed by atoms with Gasteiger partial charge >= 0.3 is 0 Å². The van der Waals surface area contributed by atoms with Gasteiger partial charge in [-0.25, -0.2) is 4.98 Å². The standard InChI is InChI=1S/C20H24N2O6S/c1-13(23)22-17-8-14(11-21-20(17)28-5)12-29(24)7-6-16-18(26-3)9-15(25-2)10-19(16)27-4/h6-11H,12H2,1-5H3,(H,22,23)/b7-6+. The monoisotopic (exact) mass is 420 g/mol. The maximum atomic E-state index is 12.6. The lowest BCUT2D eigenvalue weighted by Gasteiger charge is -2.12. The molecule has 1 heterocycles. The molecule has 2 rings (SSSR count). The number of hydrogen-bond donors (Lipinski definition) is 1. The first-order chi connectivity index (χ1) is 13.9. The predicted molar refractivity (Wildman–Crippen MR) is 112 cm³/mol. The van der Waals surface area contributed by atoms with Crippen molar-refractivity contribution in [2.45, 2.75) is 12.7 Å². The minimum Gasteiger partial charge on any atom is -0.496 e. The molecule has 1 aromatic carbocycles. The quantitative estimate of drug-likeness (QED) is 0.666. The largest absolute Gasteiger partial charge is 0.496 e. The van der Waals surface area contributed by atoms with Crippen LogP contribution in [0.5, 0.6) is 23.1 Å². The molecule has 1 atom stereocenters. The molecule has 1 unspecified atom stereocenters. The topological polar surface area (TPSA) is 96.0 Å². The smallest absolute Gasteiger partial charge is 0.237 e. The second-order valence-corrected chi connectivity index (χ2v) is 7.18. The van der Waals surface area contributed by atoms with E-state index in [1.165, 1.54) is 28.3 Å². The van der Waals surface area contributed by atoms with Crippen LogP contribution in [-0.4, -0.2) is 43.5 Å². The highest BCUT2D eigenvalue weighted by Crippen LogP contribution is 2.35. The summed E-state index contributed by atoms with van der Waals surface area (Å²) in [6.45, 7) is 1.39. The molecule has 0 bridgehead atoms. The van der Waals surface area contributed by atoms with Crippen LogP contribution in [0.3, 0.4) is 0 Å². The highest BCUT2D eigenvalue weighted by molar-refractivity contribution is 7.87. The van der Waals surface area contributed by atoms with Crippen LogP contribution in [0.1, 0.15) is 18.1 Å². The third-order valence-electron chi connectivity index (χ3n) is 3.86. The molecule has 1 N–H and O–H groups in total. The molecular formula is C20H24N2O6S. The van der Waals surface area contributed by atoms with Gasteiger partial charge in [0.1, 0.15) is 22.9 Å². The SMILES string of the molecule is COc1cc(OC)c(/C=C/S(=O)Cc2cnc(OC)c(NC(C)=O)c2)c(OC)c1. The van der Waals surface area contributed by atoms with Gasteiger partial charge < -0.3 is 24.3 Å². The van der Waals surface area contributed by atoms with Crippen LogP contribution in [0.15, 0.2) is 29.8 Å². The number of benzene rings is 1. The third kappa shape index (κ3) is 5.95. The molecule has 1 amide bonds. The first kappa shape index (κ1) is 22.2. The van der Waals surface area contributed by atoms with E-state index >= 15 is 0 Å². The Labute approximate surface area is 172 Å². The number of carbonyl (C=O) groups is 1. The van der Waals surface area contributed by atoms with Crippen molar-refractivity contribution in [1.29, 1.82) is 0 Å². The van der Waals surface area contributed by atoms with Crippen molar-refractivity contribution in [3.8, 4) is 23.1 Å². The van der Waals surface area contributed by atoms with E-state index in [0.29, 0.717) is 34.1 Å². The second kappa shape index (κ2) is 10.5. The number of ether oxygens (including phenoxy) is 4. The van der Waals surface area contributed by atoms with Crippen molar-refractivity contribution in [2.75, 3.05) is 33.8 Å². The van der Waals surface area contributed by atoms with Gasteiger partial charge in [-0.1, -0.05) is 0 Å². The Hall–Kier alpha value is -3.07. The van der Waals surface area contributed by atoms with E-state index in [4.69, 9.17) is 18.9 Å². The van der Waals surface area contributed by atoms with Crippen molar-refractivity contribution < 1.29 is 28.0 Å². The van der Waals surface area contributed by atoms with Gasteiger partial charge in [-0.05, 0) is 17.7 Å². The Kier molecular flexibility index (Phi) is 8.02. The van der Waals surface area contributed by atoms with Crippen molar-refractivity contribution >= 4 is 28.5 Å². The summed E-state index contributed by atoms with van der Waals surface area (Å²) in [6.07, 6.45) is 3.24. The van der Waals surface area contributed by atoms with Gasteiger partial charge in [0.15, 0.2) is 0 Å². The molecule has 1 aromatic heterocycles. The van der Waals surface area contributed by atoms with E-state index < -0.39 is 10.8 Å². The zero-order chi connectivity index (χ0) is 21.4. The summed E-state index contributed by atoms with van der Waals surface area (Å²) in [5.41, 5.74) is 1.76. The molecule has 8 nitrogen and oxygen atoms in total. The van der Waals surface area contributed by atoms with Crippen molar-refractivity contribution in [2.24, 2.45) is 0 Å². The minimum atomic E-state index is -1.35. The van der Waals surface area contributed by atoms with Crippen molar-refractivity contribution in [3.05, 3.63) is 40.9 Å². The molecule has 0 radical (unpaired) electrons. The van der Waals surface area contributed by atoms with Gasteiger partial charge in [-0.2, -0.15) is 0 Å². The van der Waals surface area contributed by atoms with Crippen LogP contribution in [0.2, 0.25) is 0 Å². The number of nitrogens with one attached hydrogen (secondary N) is 1. The van der Waals surface area contributed by atoms with E-state index in [1.54, 1.807) is 43.0 Å². The lowest BCUT2D eigenvalue weighted by molar-refractivity contribution is -0.114. The highest BCUT2D eigenvalue weighted by atomic mass is 32.2. The normalized spacial score (nSPS) is 11.8. The fraction of sp³-hybridized carbons (Fsp3) is 0.300. The molecule has 0 fully saturated rings. The van der Waals surface area contributed by atoms with E-state index in [2.05, 4.69) is 10.3 Å². The average molecular weight is 420 g/mol. The number of aromatic nitrogens is 1. The summed E-state index contributed by atoms with van der Waals surface area (Å²) >= 11 is 0. The molecule has 9 heteroatoms. The maximum Gasteiger partial charge on any atom is 0.237 e. The predicted octanol–water partition coefficient (Wildman–Crippen LogP) is 2.99. The number of hydrogen-bond acceptors (Lipinski definition) is 7. The number of pyridine rings is 1. The maximum absolute atomic E-state index is 12.6. The van der Waals surface area contributed by atoms with Crippen LogP contribution in [0.25, 0.3) is 6.08 Å². The summed E-state index contributed by atoms with van der Waals surface area (Å²) in [7, 11) is 4.74. The summed E-state index contributed by atoms with van der Waals surface area (Å²) in [5, 5.41) is 4.20. The molecule has 0 aliphatic carbocycles. The zero-order valence-corrected chi connectivity index (χ0v) is 17.8. The van der Waals surface area contributed by atoms with Crippen molar-refractivity contribution in [1.82, 2.24) is 4.98 Å². The number of amides is 1. The van der Waals surface area contributed by atoms with E-state index in [1.807, 2.05) is 0 Å². The van der Waals surface area contributed by atoms with Gasteiger partial charge in [-0.3, -0.25) is 9.00 Å². The second-order valence-electron chi connectivity index (χ2n) is 5.86. The molecule has 0 aliphatic heterocycles. The van der Waals surface area contributed by atoms with Crippen LogP contribution in [0, 0.1) is 0 Å². The van der Waals surface area contributed by atoms with Gasteiger partial charge in [-0.15, -0.1) is 0 Å². The Bertz CT molecular complexity index is 904. The number of nitrogens with zero attached hydrogens (tertiary/aromatic N) is 1. The van der Waals surface area contributed by atoms with E-state index in [9.17, 15) is 9.00 Å². The molecule has 29 heavy (non-hydrogen) atoms. The van der Waals surface area contributed by atoms with Gasteiger partial charge in [0, 0.05) is 30.7 Å². The molecule has 0 saturated heterocycles. The Morgan fingerprint density at radius 1 is 1.07 bits per heavy atom. The van der Waals surface area contributed by atoms with Crippen molar-refractivity contribution in [3.63, 3.8) is 0 Å². The lowest BCUT2D eigenvalue weighted by atomic mass is 10.1. The van der Waals surface area contributed by atoms with Crippen LogP contribution in [-0.2, 0) is 21.3 Å². The van der Waals surface area contributed by atoms with Gasteiger partial charge in [0.25, 0.3) is 0 Å². The van der Waals surface area contributed by atoms with Gasteiger partial charge in [0.2, 0.25) is 11.8 Å². The van der Waals surface area contributed by atoms with E-state index in [-0.39, 0.29) is 17.5 Å². The summed E-state index contributed by atoms with van der Waals surface area (Å²) in [5.74, 6) is 1.91. The molecule has 2 aromatic rings. The minimum absolute atomic E-state index is 0.209. The Morgan fingerprint density at radius 2 is 1.72 bits per heavy atom. The van der Waals surface area contributed by atoms with E-state index in [0.717, 1.165) is 0 Å². The first-order valence-electron chi connectivity index (χ1n) is 8.57. The van der Waals surface area contributed by atoms with Crippen LogP contribution in [0.4, 0.5) is 5.69 Å². The van der Waals surface area contributed by atoms with Crippen LogP contribution >= 0.6 is 0 Å². The van der Waals surface area contributed by atoms with Gasteiger partial charge in [0.05, 0.1) is 50.6 Å². The summed E-state index contributed by atoms with van der Waals surface area (Å²) in [6, 6.07) is 5.13. The fourth-order valence-electron chi connectivity index (χ4n) is 2.57. The fourth-order valence-corrected chi connectivity index (χ4v) is 3.44. The summed E-state index contributed by atoms with van der Waals surface area (Å²) < 4.78 is 33.7. The van der Waals surface area contributed by atoms with Crippen LogP contribution < -0.4 is 24.3 Å². The number of methoxy groups -OCH3 is 4. The molecule has 0 aliphatic rings. The molecular weight excluding hydrogens is 396 g/mol. The highest BCUT2D eigenvalue weighted by Gasteiger charge is 2.12.